The third kappa shape index (κ3) is 1.60. The molecule has 0 atom stereocenters. The van der Waals surface area contributed by atoms with Crippen molar-refractivity contribution in [1.29, 1.82) is 0 Å². The van der Waals surface area contributed by atoms with Crippen LogP contribution >= 0.6 is 22.9 Å². The Balaban J connectivity index is 2.53. The number of hydrogen-bond acceptors (Lipinski definition) is 3. The lowest BCUT2D eigenvalue weighted by Gasteiger charge is -1.94. The number of carboxylic acid groups (broad SMARTS) is 1. The monoisotopic (exact) mass is 279 g/mol. The summed E-state index contributed by atoms with van der Waals surface area (Å²) in [4.78, 5) is 25.8. The molecule has 90 valence electrons. The van der Waals surface area contributed by atoms with E-state index in [-0.39, 0.29) is 9.62 Å². The topological polar surface area (TPSA) is 70.2 Å². The lowest BCUT2D eigenvalue weighted by Crippen LogP contribution is -2.01. The summed E-state index contributed by atoms with van der Waals surface area (Å²) in [5.74, 6) is -1.10. The van der Waals surface area contributed by atoms with Crippen LogP contribution in [0.4, 0.5) is 0 Å². The van der Waals surface area contributed by atoms with Crippen molar-refractivity contribution in [3.63, 3.8) is 0 Å². The molecule has 0 amide bonds. The minimum absolute atomic E-state index is 0.0216. The number of carbonyl (C=O) groups is 1. The van der Waals surface area contributed by atoms with Crippen LogP contribution in [0, 0.1) is 0 Å². The number of halogens is 1. The van der Waals surface area contributed by atoms with E-state index < -0.39 is 5.97 Å². The molecular weight excluding hydrogens is 274 g/mol. The Morgan fingerprint density at radius 1 is 1.28 bits per heavy atom. The van der Waals surface area contributed by atoms with Crippen LogP contribution in [0.3, 0.4) is 0 Å². The lowest BCUT2D eigenvalue weighted by atomic mass is 10.2. The fourth-order valence-electron chi connectivity index (χ4n) is 1.91. The maximum absolute atomic E-state index is 11.8. The highest BCUT2D eigenvalue weighted by molar-refractivity contribution is 7.11. The van der Waals surface area contributed by atoms with Gasteiger partial charge in [0.15, 0.2) is 0 Å². The molecule has 2 aromatic heterocycles. The molecule has 3 rings (SSSR count). The number of benzene rings is 1. The summed E-state index contributed by atoms with van der Waals surface area (Å²) in [5, 5.41) is 10.9. The first-order valence-corrected chi connectivity index (χ1v) is 6.24. The highest BCUT2D eigenvalue weighted by atomic mass is 35.5. The van der Waals surface area contributed by atoms with E-state index in [4.69, 9.17) is 16.7 Å². The van der Waals surface area contributed by atoms with Crippen LogP contribution in [0.5, 0.6) is 0 Å². The van der Waals surface area contributed by atoms with Crippen molar-refractivity contribution < 1.29 is 9.90 Å². The van der Waals surface area contributed by atoms with E-state index >= 15 is 0 Å². The first-order valence-electron chi connectivity index (χ1n) is 5.04. The first-order chi connectivity index (χ1) is 8.56. The van der Waals surface area contributed by atoms with Crippen LogP contribution in [0.15, 0.2) is 29.1 Å². The molecule has 0 unspecified atom stereocenters. The molecule has 6 heteroatoms. The summed E-state index contributed by atoms with van der Waals surface area (Å²) in [7, 11) is 0. The van der Waals surface area contributed by atoms with Gasteiger partial charge in [-0.25, -0.2) is 4.79 Å². The van der Waals surface area contributed by atoms with Crippen molar-refractivity contribution in [2.75, 3.05) is 0 Å². The van der Waals surface area contributed by atoms with Gasteiger partial charge in [0, 0.05) is 21.3 Å². The fourth-order valence-corrected chi connectivity index (χ4v) is 2.81. The predicted octanol–water partition coefficient (Wildman–Crippen LogP) is 3.09. The van der Waals surface area contributed by atoms with Crippen molar-refractivity contribution in [2.45, 2.75) is 0 Å². The van der Waals surface area contributed by atoms with Gasteiger partial charge in [-0.3, -0.25) is 4.79 Å². The van der Waals surface area contributed by atoms with Gasteiger partial charge in [-0.05, 0) is 24.3 Å². The van der Waals surface area contributed by atoms with Crippen LogP contribution < -0.4 is 4.74 Å². The molecule has 0 fully saturated rings. The van der Waals surface area contributed by atoms with Crippen molar-refractivity contribution in [1.82, 2.24) is 4.98 Å². The Labute approximate surface area is 109 Å². The molecule has 2 N–H and O–H groups in total. The number of hydrogen-bond donors (Lipinski definition) is 2. The summed E-state index contributed by atoms with van der Waals surface area (Å²) in [6.07, 6.45) is 0. The zero-order chi connectivity index (χ0) is 12.9. The van der Waals surface area contributed by atoms with Crippen molar-refractivity contribution in [3.8, 4) is 0 Å². The number of aromatic nitrogens is 1. The zero-order valence-electron chi connectivity index (χ0n) is 8.86. The number of rotatable bonds is 1. The summed E-state index contributed by atoms with van der Waals surface area (Å²) in [6.45, 7) is 0. The third-order valence-corrected chi connectivity index (χ3v) is 3.83. The summed E-state index contributed by atoms with van der Waals surface area (Å²) in [6, 6.07) is 6.69. The average Bonchev–Trinajstić information content (AvgIpc) is 2.68. The molecule has 0 spiro atoms. The van der Waals surface area contributed by atoms with Crippen LogP contribution in [0.1, 0.15) is 9.67 Å². The number of aromatic amines is 1. The van der Waals surface area contributed by atoms with E-state index in [2.05, 4.69) is 4.98 Å². The SMILES string of the molecule is O=C(O)c1cc2c([nH]c3ccc(Cl)cc32)c(=O)s1. The van der Waals surface area contributed by atoms with E-state index in [1.54, 1.807) is 18.2 Å². The Morgan fingerprint density at radius 3 is 2.78 bits per heavy atom. The number of aromatic carboxylic acids is 1. The van der Waals surface area contributed by atoms with Gasteiger partial charge >= 0.3 is 5.97 Å². The molecular formula is C12H6ClNO3S. The molecule has 0 aliphatic heterocycles. The second-order valence-electron chi connectivity index (χ2n) is 3.81. The predicted molar refractivity (Wildman–Crippen MR) is 71.9 cm³/mol. The Bertz CT molecular complexity index is 850. The average molecular weight is 280 g/mol. The number of H-pyrrole nitrogens is 1. The molecule has 0 aliphatic rings. The van der Waals surface area contributed by atoms with E-state index in [1.807, 2.05) is 0 Å². The van der Waals surface area contributed by atoms with E-state index in [1.165, 1.54) is 6.07 Å². The maximum atomic E-state index is 11.8. The summed E-state index contributed by atoms with van der Waals surface area (Å²) >= 11 is 6.63. The summed E-state index contributed by atoms with van der Waals surface area (Å²) in [5.41, 5.74) is 1.18. The van der Waals surface area contributed by atoms with Gasteiger partial charge in [-0.1, -0.05) is 22.9 Å². The second kappa shape index (κ2) is 3.83. The minimum Gasteiger partial charge on any atom is -0.477 e. The van der Waals surface area contributed by atoms with Gasteiger partial charge in [0.25, 0.3) is 4.74 Å². The standard InChI is InChI=1S/C12H6ClNO3S/c13-5-1-2-8-6(3-5)7-4-9(11(15)16)18-12(17)10(7)14-8/h1-4,14H,(H,15,16). The highest BCUT2D eigenvalue weighted by Crippen LogP contribution is 2.27. The van der Waals surface area contributed by atoms with E-state index in [0.717, 1.165) is 10.9 Å². The number of carboxylic acids is 1. The Kier molecular flexibility index (Phi) is 2.39. The molecule has 18 heavy (non-hydrogen) atoms. The number of fused-ring (bicyclic) bond motifs is 3. The summed E-state index contributed by atoms with van der Waals surface area (Å²) < 4.78 is -0.294. The van der Waals surface area contributed by atoms with Gasteiger partial charge in [-0.15, -0.1) is 0 Å². The highest BCUT2D eigenvalue weighted by Gasteiger charge is 2.13. The first kappa shape index (κ1) is 11.3. The molecule has 2 heterocycles. The van der Waals surface area contributed by atoms with Crippen LogP contribution in [0.2, 0.25) is 5.02 Å². The molecule has 0 saturated heterocycles. The normalized spacial score (nSPS) is 11.2. The fraction of sp³-hybridized carbons (Fsp3) is 0. The Hall–Kier alpha value is -1.85. The molecule has 1 aromatic carbocycles. The third-order valence-electron chi connectivity index (χ3n) is 2.69. The van der Waals surface area contributed by atoms with Crippen LogP contribution in [-0.2, 0) is 0 Å². The van der Waals surface area contributed by atoms with E-state index in [0.29, 0.717) is 27.3 Å². The van der Waals surface area contributed by atoms with Crippen molar-refractivity contribution >= 4 is 50.7 Å². The quantitative estimate of drug-likeness (QED) is 0.719. The van der Waals surface area contributed by atoms with Gasteiger partial charge < -0.3 is 10.1 Å². The van der Waals surface area contributed by atoms with Gasteiger partial charge in [0.05, 0.1) is 0 Å². The molecule has 0 saturated carbocycles. The largest absolute Gasteiger partial charge is 0.477 e. The molecule has 0 bridgehead atoms. The second-order valence-corrected chi connectivity index (χ2v) is 5.26. The Morgan fingerprint density at radius 2 is 2.06 bits per heavy atom. The smallest absolute Gasteiger partial charge is 0.346 e. The van der Waals surface area contributed by atoms with Gasteiger partial charge in [0.1, 0.15) is 10.4 Å². The van der Waals surface area contributed by atoms with Crippen molar-refractivity contribution in [3.05, 3.63) is 43.7 Å². The van der Waals surface area contributed by atoms with Crippen molar-refractivity contribution in [2.24, 2.45) is 0 Å². The number of nitrogens with one attached hydrogen (secondary N) is 1. The van der Waals surface area contributed by atoms with Gasteiger partial charge in [0.2, 0.25) is 0 Å². The van der Waals surface area contributed by atoms with E-state index in [9.17, 15) is 9.59 Å². The zero-order valence-corrected chi connectivity index (χ0v) is 10.4. The van der Waals surface area contributed by atoms with Gasteiger partial charge in [-0.2, -0.15) is 0 Å². The molecule has 3 aromatic rings. The van der Waals surface area contributed by atoms with Crippen LogP contribution in [-0.4, -0.2) is 16.1 Å². The van der Waals surface area contributed by atoms with Crippen LogP contribution in [0.25, 0.3) is 21.8 Å². The minimum atomic E-state index is -1.10. The molecule has 0 aliphatic carbocycles. The lowest BCUT2D eigenvalue weighted by molar-refractivity contribution is 0.0702. The molecule has 4 nitrogen and oxygen atoms in total. The maximum Gasteiger partial charge on any atom is 0.346 e. The molecule has 0 radical (unpaired) electrons.